The zero-order valence-electron chi connectivity index (χ0n) is 16.7. The van der Waals surface area contributed by atoms with E-state index in [-0.39, 0.29) is 24.4 Å². The summed E-state index contributed by atoms with van der Waals surface area (Å²) >= 11 is 5.03. The normalized spacial score (nSPS) is 13.3. The highest BCUT2D eigenvalue weighted by Crippen LogP contribution is 2.33. The predicted octanol–water partition coefficient (Wildman–Crippen LogP) is 4.31. The lowest BCUT2D eigenvalue weighted by Gasteiger charge is -2.12. The van der Waals surface area contributed by atoms with E-state index in [1.807, 2.05) is 30.5 Å². The average Bonchev–Trinajstić information content (AvgIpc) is 3.37. The van der Waals surface area contributed by atoms with Crippen molar-refractivity contribution in [1.29, 1.82) is 0 Å². The molecule has 0 saturated heterocycles. The predicted molar refractivity (Wildman–Crippen MR) is 125 cm³/mol. The Labute approximate surface area is 190 Å². The summed E-state index contributed by atoms with van der Waals surface area (Å²) in [6.07, 6.45) is 9.52. The van der Waals surface area contributed by atoms with Gasteiger partial charge in [-0.3, -0.25) is 14.2 Å². The maximum atomic E-state index is 13.1. The number of thiophene rings is 1. The van der Waals surface area contributed by atoms with Crippen LogP contribution in [0.5, 0.6) is 0 Å². The highest BCUT2D eigenvalue weighted by atomic mass is 79.9. The van der Waals surface area contributed by atoms with Crippen molar-refractivity contribution in [1.82, 2.24) is 19.3 Å². The first-order valence-electron chi connectivity index (χ1n) is 10.2. The molecule has 1 amide bonds. The summed E-state index contributed by atoms with van der Waals surface area (Å²) in [7, 11) is 0. The van der Waals surface area contributed by atoms with Gasteiger partial charge in [-0.2, -0.15) is 5.10 Å². The molecule has 5 rings (SSSR count). The van der Waals surface area contributed by atoms with Crippen molar-refractivity contribution in [3.05, 3.63) is 68.3 Å². The summed E-state index contributed by atoms with van der Waals surface area (Å²) in [5.41, 5.74) is 2.56. The number of hydrogen-bond acceptors (Lipinski definition) is 5. The Balaban J connectivity index is 1.33. The second kappa shape index (κ2) is 8.39. The van der Waals surface area contributed by atoms with Crippen molar-refractivity contribution < 1.29 is 4.79 Å². The number of aryl methyl sites for hydroxylation is 3. The first kappa shape index (κ1) is 20.1. The maximum absolute atomic E-state index is 13.1. The summed E-state index contributed by atoms with van der Waals surface area (Å²) in [5.74, 6) is -0.169. The number of halogens is 1. The lowest BCUT2D eigenvalue weighted by molar-refractivity contribution is -0.116. The molecule has 1 aromatic carbocycles. The molecule has 0 saturated carbocycles. The van der Waals surface area contributed by atoms with Crippen LogP contribution in [0.4, 0.5) is 5.69 Å². The molecule has 0 fully saturated rings. The zero-order chi connectivity index (χ0) is 21.4. The number of hydrogen-bond donors (Lipinski definition) is 1. The summed E-state index contributed by atoms with van der Waals surface area (Å²) in [5, 5.41) is 7.97. The van der Waals surface area contributed by atoms with E-state index in [4.69, 9.17) is 0 Å². The van der Waals surface area contributed by atoms with Gasteiger partial charge in [0.1, 0.15) is 4.83 Å². The number of para-hydroxylation sites is 2. The summed E-state index contributed by atoms with van der Waals surface area (Å²) in [6.45, 7) is 0.285. The van der Waals surface area contributed by atoms with Gasteiger partial charge in [-0.25, -0.2) is 9.67 Å². The average molecular weight is 498 g/mol. The fourth-order valence-corrected chi connectivity index (χ4v) is 5.49. The number of benzene rings is 1. The number of rotatable bonds is 5. The topological polar surface area (TPSA) is 81.8 Å². The molecular weight excluding hydrogens is 478 g/mol. The largest absolute Gasteiger partial charge is 0.324 e. The van der Waals surface area contributed by atoms with Gasteiger partial charge in [0.05, 0.1) is 33.8 Å². The highest BCUT2D eigenvalue weighted by molar-refractivity contribution is 9.10. The SMILES string of the molecule is O=C(CCn1cnc2sc3c(c2c1=O)CCCC3)Nc1ccccc1-n1cc(Br)cn1. The zero-order valence-corrected chi connectivity index (χ0v) is 19.1. The van der Waals surface area contributed by atoms with E-state index in [0.717, 1.165) is 39.6 Å². The molecular formula is C22H20BrN5O2S. The van der Waals surface area contributed by atoms with Crippen LogP contribution in [0.25, 0.3) is 15.9 Å². The van der Waals surface area contributed by atoms with Gasteiger partial charge in [0.15, 0.2) is 0 Å². The number of carbonyl (C=O) groups excluding carboxylic acids is 1. The fraction of sp³-hybridized carbons (Fsp3) is 0.273. The van der Waals surface area contributed by atoms with E-state index in [9.17, 15) is 9.59 Å². The molecule has 0 unspecified atom stereocenters. The van der Waals surface area contributed by atoms with E-state index >= 15 is 0 Å². The molecule has 3 heterocycles. The molecule has 31 heavy (non-hydrogen) atoms. The Bertz CT molecular complexity index is 1340. The van der Waals surface area contributed by atoms with Gasteiger partial charge in [0, 0.05) is 24.0 Å². The molecule has 0 radical (unpaired) electrons. The van der Waals surface area contributed by atoms with Crippen LogP contribution in [0.1, 0.15) is 29.7 Å². The van der Waals surface area contributed by atoms with Gasteiger partial charge in [0.25, 0.3) is 5.56 Å². The quantitative estimate of drug-likeness (QED) is 0.445. The minimum absolute atomic E-state index is 0.0426. The maximum Gasteiger partial charge on any atom is 0.262 e. The smallest absolute Gasteiger partial charge is 0.262 e. The molecule has 1 N–H and O–H groups in total. The molecule has 0 atom stereocenters. The Morgan fingerprint density at radius 2 is 2.06 bits per heavy atom. The minimum Gasteiger partial charge on any atom is -0.324 e. The van der Waals surface area contributed by atoms with Crippen LogP contribution < -0.4 is 10.9 Å². The van der Waals surface area contributed by atoms with Gasteiger partial charge in [-0.05, 0) is 59.3 Å². The second-order valence-electron chi connectivity index (χ2n) is 7.55. The molecule has 3 aromatic heterocycles. The van der Waals surface area contributed by atoms with Gasteiger partial charge in [-0.15, -0.1) is 11.3 Å². The number of carbonyl (C=O) groups is 1. The van der Waals surface area contributed by atoms with Crippen molar-refractivity contribution in [2.45, 2.75) is 38.6 Å². The van der Waals surface area contributed by atoms with Crippen LogP contribution in [0.3, 0.4) is 0 Å². The van der Waals surface area contributed by atoms with E-state index in [2.05, 4.69) is 31.3 Å². The molecule has 1 aliphatic rings. The van der Waals surface area contributed by atoms with E-state index in [0.29, 0.717) is 5.69 Å². The van der Waals surface area contributed by atoms with E-state index < -0.39 is 0 Å². The summed E-state index contributed by atoms with van der Waals surface area (Å²) in [4.78, 5) is 32.3. The standard InChI is InChI=1S/C22H20BrN5O2S/c23-14-11-25-28(12-14)17-7-3-2-6-16(17)26-19(29)9-10-27-13-24-21-20(22(27)30)15-5-1-4-8-18(15)31-21/h2-3,6-7,11-13H,1,4-5,8-10H2,(H,26,29). The number of nitrogens with one attached hydrogen (secondary N) is 1. The number of amides is 1. The molecule has 0 spiro atoms. The monoisotopic (exact) mass is 497 g/mol. The van der Waals surface area contributed by atoms with Crippen molar-refractivity contribution in [3.63, 3.8) is 0 Å². The summed E-state index contributed by atoms with van der Waals surface area (Å²) in [6, 6.07) is 7.47. The van der Waals surface area contributed by atoms with Crippen molar-refractivity contribution in [2.75, 3.05) is 5.32 Å². The van der Waals surface area contributed by atoms with Crippen molar-refractivity contribution in [2.24, 2.45) is 0 Å². The lowest BCUT2D eigenvalue weighted by Crippen LogP contribution is -2.24. The third-order valence-electron chi connectivity index (χ3n) is 5.50. The fourth-order valence-electron chi connectivity index (χ4n) is 3.99. The van der Waals surface area contributed by atoms with Crippen LogP contribution in [0.2, 0.25) is 0 Å². The molecule has 9 heteroatoms. The van der Waals surface area contributed by atoms with Crippen LogP contribution >= 0.6 is 27.3 Å². The Morgan fingerprint density at radius 1 is 1.23 bits per heavy atom. The molecule has 1 aliphatic carbocycles. The van der Waals surface area contributed by atoms with Gasteiger partial charge < -0.3 is 5.32 Å². The molecule has 0 aliphatic heterocycles. The van der Waals surface area contributed by atoms with E-state index in [1.165, 1.54) is 16.9 Å². The number of aromatic nitrogens is 4. The molecule has 7 nitrogen and oxygen atoms in total. The van der Waals surface area contributed by atoms with Crippen molar-refractivity contribution >= 4 is 49.1 Å². The number of anilines is 1. The van der Waals surface area contributed by atoms with Crippen molar-refractivity contribution in [3.8, 4) is 5.69 Å². The van der Waals surface area contributed by atoms with Gasteiger partial charge >= 0.3 is 0 Å². The lowest BCUT2D eigenvalue weighted by atomic mass is 9.97. The number of nitrogens with zero attached hydrogens (tertiary/aromatic N) is 4. The Kier molecular flexibility index (Phi) is 5.45. The Morgan fingerprint density at radius 3 is 2.90 bits per heavy atom. The second-order valence-corrected chi connectivity index (χ2v) is 9.55. The third-order valence-corrected chi connectivity index (χ3v) is 7.11. The first-order chi connectivity index (χ1) is 15.1. The molecule has 0 bridgehead atoms. The molecule has 158 valence electrons. The Hall–Kier alpha value is -2.78. The summed E-state index contributed by atoms with van der Waals surface area (Å²) < 4.78 is 4.11. The van der Waals surface area contributed by atoms with Crippen LogP contribution in [0.15, 0.2) is 52.3 Å². The van der Waals surface area contributed by atoms with E-state index in [1.54, 1.807) is 33.1 Å². The third kappa shape index (κ3) is 3.95. The van der Waals surface area contributed by atoms with Crippen LogP contribution in [-0.2, 0) is 24.2 Å². The van der Waals surface area contributed by atoms with Gasteiger partial charge in [0.2, 0.25) is 5.91 Å². The van der Waals surface area contributed by atoms with Gasteiger partial charge in [-0.1, -0.05) is 12.1 Å². The highest BCUT2D eigenvalue weighted by Gasteiger charge is 2.20. The van der Waals surface area contributed by atoms with Crippen LogP contribution in [0, 0.1) is 0 Å². The van der Waals surface area contributed by atoms with Crippen LogP contribution in [-0.4, -0.2) is 25.2 Å². The minimum atomic E-state index is -0.169. The number of fused-ring (bicyclic) bond motifs is 3. The first-order valence-corrected chi connectivity index (χ1v) is 11.8. The molecule has 4 aromatic rings.